The van der Waals surface area contributed by atoms with E-state index in [1.165, 1.54) is 9.44 Å². The number of nitrogens with one attached hydrogen (secondary N) is 2. The van der Waals surface area contributed by atoms with Gasteiger partial charge >= 0.3 is 90.5 Å². The summed E-state index contributed by atoms with van der Waals surface area (Å²) in [4.78, 5) is 36.9. The van der Waals surface area contributed by atoms with Crippen LogP contribution in [0.1, 0.15) is 0 Å². The molecule has 56 heteroatoms. The molecule has 4 saturated heterocycles. The molecule has 0 bridgehead atoms. The summed E-state index contributed by atoms with van der Waals surface area (Å²) in [6, 6.07) is -5.86. The van der Waals surface area contributed by atoms with Gasteiger partial charge in [-0.05, 0) is 6.08 Å². The Morgan fingerprint density at radius 2 is 0.791 bits per heavy atom. The van der Waals surface area contributed by atoms with Crippen molar-refractivity contribution >= 4 is 90.5 Å². The van der Waals surface area contributed by atoms with E-state index in [9.17, 15) is 151 Å². The van der Waals surface area contributed by atoms with Gasteiger partial charge in [-0.2, -0.15) is 68.4 Å². The van der Waals surface area contributed by atoms with E-state index in [0.29, 0.717) is 0 Å². The molecular formula is C30H46N2O47S7. The van der Waals surface area contributed by atoms with E-state index in [-0.39, 0.29) is 6.08 Å². The van der Waals surface area contributed by atoms with Crippen LogP contribution in [-0.2, 0) is 151 Å². The zero-order valence-electron chi connectivity index (χ0n) is 40.9. The van der Waals surface area contributed by atoms with E-state index in [4.69, 9.17) is 37.9 Å². The van der Waals surface area contributed by atoms with E-state index in [1.54, 1.807) is 0 Å². The average Bonchev–Trinajstić information content (AvgIpc) is 0.866. The highest BCUT2D eigenvalue weighted by Gasteiger charge is 2.60. The molecule has 0 amide bonds. The van der Waals surface area contributed by atoms with Gasteiger partial charge in [-0.25, -0.2) is 35.3 Å². The van der Waals surface area contributed by atoms with Crippen molar-refractivity contribution < 1.29 is 215 Å². The molecule has 5 aliphatic heterocycles. The summed E-state index contributed by atoms with van der Waals surface area (Å²) in [5, 5.41) is 96.4. The molecule has 0 radical (unpaired) electrons. The smallest absolute Gasteiger partial charge is 0.397 e. The molecule has 86 heavy (non-hydrogen) atoms. The van der Waals surface area contributed by atoms with Gasteiger partial charge in [0, 0.05) is 0 Å². The molecule has 500 valence electrons. The number of carbonyl (C=O) groups is 3. The van der Waals surface area contributed by atoms with Crippen LogP contribution in [0.15, 0.2) is 11.8 Å². The molecule has 23 atom stereocenters. The van der Waals surface area contributed by atoms with Gasteiger partial charge in [0.25, 0.3) is 0 Å². The number of hydrogen-bond acceptors (Lipinski definition) is 37. The second-order valence-electron chi connectivity index (χ2n) is 17.4. The highest BCUT2D eigenvalue weighted by atomic mass is 32.3. The average molecular weight is 1410 g/mol. The molecule has 4 fully saturated rings. The van der Waals surface area contributed by atoms with Crippen molar-refractivity contribution in [1.82, 2.24) is 9.44 Å². The van der Waals surface area contributed by atoms with Crippen LogP contribution in [0.5, 0.6) is 0 Å². The Hall–Kier alpha value is -3.52. The van der Waals surface area contributed by atoms with E-state index in [2.05, 4.69) is 25.7 Å². The topological polar surface area (TPSA) is 767 Å². The summed E-state index contributed by atoms with van der Waals surface area (Å²) < 4.78 is 304. The summed E-state index contributed by atoms with van der Waals surface area (Å²) in [6.07, 6.45) is -61.3. The molecule has 0 spiro atoms. The number of aliphatic hydroxyl groups excluding tert-OH is 6. The Balaban J connectivity index is 1.59. The maximum absolute atomic E-state index is 13.0. The molecular weight excluding hydrogens is 1360 g/mol. The SMILES string of the molecule is O=C(O)C1=C[C@H](O)[C@@H](OS(=O)(=O)O)[C@H](O[C@H]2[C@H](O)[C@@H](NS(=O)(=O)O)[C@@H](O[C@H]3[C@H](O)[C@@H](OS(=O)(=O)O)[C@H](O[C@H]4[C@H](O)[C@@H](NS(=O)(=O)O)[C@@H](O[C@H]5[C@H](O)[C@@H](OS(=O)(=O)O)[C@H](O)O[C@H]5C(=O)O)O[C@@H]4COS(=O)(=O)O)O[C@H]3C(=O)O)O[C@@H]2COS(=O)(=O)O)O1. The predicted octanol–water partition coefficient (Wildman–Crippen LogP) is -12.6. The van der Waals surface area contributed by atoms with E-state index in [0.717, 1.165) is 0 Å². The monoisotopic (exact) mass is 1410 g/mol. The van der Waals surface area contributed by atoms with Gasteiger partial charge in [-0.3, -0.25) is 31.9 Å². The van der Waals surface area contributed by atoms with E-state index in [1.807, 2.05) is 0 Å². The molecule has 0 aromatic rings. The minimum Gasteiger partial charge on any atom is -0.479 e. The summed E-state index contributed by atoms with van der Waals surface area (Å²) in [7, 11) is -41.0. The predicted molar refractivity (Wildman–Crippen MR) is 243 cm³/mol. The quantitative estimate of drug-likeness (QED) is 0.0340. The van der Waals surface area contributed by atoms with Crippen molar-refractivity contribution in [3.63, 3.8) is 0 Å². The van der Waals surface area contributed by atoms with Gasteiger partial charge in [0.05, 0.1) is 13.2 Å². The Bertz CT molecular complexity index is 3310. The van der Waals surface area contributed by atoms with Crippen LogP contribution in [-0.4, -0.2) is 309 Å². The summed E-state index contributed by atoms with van der Waals surface area (Å²) in [5.41, 5.74) is 0. The van der Waals surface area contributed by atoms with Crippen molar-refractivity contribution in [2.24, 2.45) is 0 Å². The minimum absolute atomic E-state index is 0.230. The molecule has 18 N–H and O–H groups in total. The van der Waals surface area contributed by atoms with Gasteiger partial charge in [0.1, 0.15) is 79.2 Å². The Labute approximate surface area is 479 Å². The molecule has 49 nitrogen and oxygen atoms in total. The molecule has 0 aliphatic carbocycles. The summed E-state index contributed by atoms with van der Waals surface area (Å²) >= 11 is 0. The van der Waals surface area contributed by atoms with Crippen molar-refractivity contribution in [3.05, 3.63) is 11.8 Å². The number of carboxylic acid groups (broad SMARTS) is 3. The van der Waals surface area contributed by atoms with Gasteiger partial charge in [0.15, 0.2) is 55.7 Å². The first kappa shape index (κ1) is 73.2. The number of aliphatic hydroxyl groups is 6. The number of ether oxygens (including phenoxy) is 9. The first-order valence-corrected chi connectivity index (χ1v) is 31.7. The molecule has 5 heterocycles. The van der Waals surface area contributed by atoms with Crippen LogP contribution in [0.4, 0.5) is 0 Å². The normalized spacial score (nSPS) is 38.1. The number of rotatable bonds is 27. The van der Waals surface area contributed by atoms with Gasteiger partial charge in [-0.1, -0.05) is 0 Å². The maximum atomic E-state index is 13.0. The van der Waals surface area contributed by atoms with Crippen molar-refractivity contribution in [2.45, 2.75) is 141 Å². The highest BCUT2D eigenvalue weighted by molar-refractivity contribution is 7.84. The molecule has 5 rings (SSSR count). The molecule has 0 aromatic carbocycles. The summed E-state index contributed by atoms with van der Waals surface area (Å²) in [6.45, 7) is -3.66. The maximum Gasteiger partial charge on any atom is 0.397 e. The van der Waals surface area contributed by atoms with Gasteiger partial charge in [-0.15, -0.1) is 0 Å². The Morgan fingerprint density at radius 1 is 0.430 bits per heavy atom. The van der Waals surface area contributed by atoms with Crippen LogP contribution in [0.25, 0.3) is 0 Å². The Kier molecular flexibility index (Phi) is 23.4. The number of carboxylic acids is 3. The standard InChI is InChI=1S/C30H46N2O47S7/c33-4-1-5(23(38)39)68-29(14(4)77-84(57,58)59)72-15-6(2-66-82(51,52)53)69-28(8(10(15)34)31-80(45,46)47)75-18-13(37)20(79-86(63,64)65)30(76-22(18)25(42)43)73-16-7(3-67-83(54,55)56)70-27(9(11(16)35)32-81(48,49)50)74-17-12(36)19(78-85(60,61)62)26(44)71-21(17)24(40)41/h1,4,6-22,26-37,44H,2-3H2,(H,38,39)(H,40,41)(H,42,43)(H,45,46,47)(H,48,49,50)(H,51,52,53)(H,54,55,56)(H,57,58,59)(H,60,61,62)(H,63,64,65)/t4-,6+,7+,8+,9+,10+,11+,12-,13-,14+,15+,16+,17-,18-,19+,20+,21+,22+,26+,27+,28+,29-,30+/m0/s1. The van der Waals surface area contributed by atoms with Crippen LogP contribution in [0, 0.1) is 0 Å². The number of aliphatic carboxylic acids is 3. The van der Waals surface area contributed by atoms with Crippen LogP contribution < -0.4 is 9.44 Å². The lowest BCUT2D eigenvalue weighted by Crippen LogP contribution is -2.71. The largest absolute Gasteiger partial charge is 0.479 e. The first-order chi connectivity index (χ1) is 38.9. The minimum atomic E-state index is -6.21. The van der Waals surface area contributed by atoms with Crippen LogP contribution in [0.3, 0.4) is 0 Å². The summed E-state index contributed by atoms with van der Waals surface area (Å²) in [5.74, 6) is -8.21. The third kappa shape index (κ3) is 20.5. The zero-order valence-corrected chi connectivity index (χ0v) is 46.7. The molecule has 5 aliphatic rings. The van der Waals surface area contributed by atoms with Crippen molar-refractivity contribution in [1.29, 1.82) is 0 Å². The second-order valence-corrected chi connectivity index (χ2v) is 25.1. The fourth-order valence-corrected chi connectivity index (χ4v) is 11.5. The van der Waals surface area contributed by atoms with Crippen molar-refractivity contribution in [3.8, 4) is 0 Å². The number of hydrogen-bond donors (Lipinski definition) is 18. The van der Waals surface area contributed by atoms with E-state index >= 15 is 0 Å². The second kappa shape index (κ2) is 27.5. The molecule has 0 unspecified atom stereocenters. The third-order valence-electron chi connectivity index (χ3n) is 11.5. The fraction of sp³-hybridized carbons (Fsp3) is 0.833. The third-order valence-corrected chi connectivity index (χ3v) is 14.9. The lowest BCUT2D eigenvalue weighted by molar-refractivity contribution is -0.369. The Morgan fingerprint density at radius 3 is 1.16 bits per heavy atom. The lowest BCUT2D eigenvalue weighted by Gasteiger charge is -2.50. The zero-order chi connectivity index (χ0) is 65.5. The molecule has 0 aromatic heterocycles. The first-order valence-electron chi connectivity index (χ1n) is 22.0. The lowest BCUT2D eigenvalue weighted by atomic mass is 9.94. The van der Waals surface area contributed by atoms with Gasteiger partial charge < -0.3 is 88.6 Å². The van der Waals surface area contributed by atoms with Crippen LogP contribution in [0.2, 0.25) is 0 Å². The molecule has 0 saturated carbocycles. The van der Waals surface area contributed by atoms with E-state index < -0.39 is 251 Å². The van der Waals surface area contributed by atoms with Gasteiger partial charge in [0.2, 0.25) is 12.0 Å². The fourth-order valence-electron chi connectivity index (χ4n) is 8.27. The van der Waals surface area contributed by atoms with Crippen molar-refractivity contribution in [2.75, 3.05) is 13.2 Å². The highest BCUT2D eigenvalue weighted by Crippen LogP contribution is 2.38. The van der Waals surface area contributed by atoms with Crippen LogP contribution >= 0.6 is 0 Å².